The first-order valence-corrected chi connectivity index (χ1v) is 7.99. The van der Waals surface area contributed by atoms with E-state index < -0.39 is 0 Å². The maximum atomic E-state index is 12.5. The first-order valence-electron chi connectivity index (χ1n) is 7.99. The molecule has 22 heavy (non-hydrogen) atoms. The Morgan fingerprint density at radius 2 is 2.23 bits per heavy atom. The highest BCUT2D eigenvalue weighted by molar-refractivity contribution is 5.93. The number of likely N-dealkylation sites (tertiary alicyclic amines) is 1. The monoisotopic (exact) mass is 307 g/mol. The SMILES string of the molecule is COC[C@H]1COCCC12CCN(C(=O)c1cnn(C)c1)CC2. The van der Waals surface area contributed by atoms with Crippen molar-refractivity contribution < 1.29 is 14.3 Å². The number of aryl methyl sites for hydroxylation is 1. The van der Waals surface area contributed by atoms with Crippen LogP contribution >= 0.6 is 0 Å². The highest BCUT2D eigenvalue weighted by atomic mass is 16.5. The largest absolute Gasteiger partial charge is 0.384 e. The van der Waals surface area contributed by atoms with Gasteiger partial charge in [0, 0.05) is 46.0 Å². The number of aromatic nitrogens is 2. The standard InChI is InChI=1S/C16H25N3O3/c1-18-10-13(9-17-18)15(20)19-6-3-16(4-7-19)5-8-22-12-14(16)11-21-2/h9-10,14H,3-8,11-12H2,1-2H3/t14-/m0/s1. The lowest BCUT2D eigenvalue weighted by atomic mass is 9.66. The molecular weight excluding hydrogens is 282 g/mol. The zero-order valence-corrected chi connectivity index (χ0v) is 13.5. The van der Waals surface area contributed by atoms with E-state index in [-0.39, 0.29) is 11.3 Å². The molecule has 2 aliphatic rings. The van der Waals surface area contributed by atoms with Crippen molar-refractivity contribution in [3.05, 3.63) is 18.0 Å². The second-order valence-corrected chi connectivity index (χ2v) is 6.53. The van der Waals surface area contributed by atoms with Crippen molar-refractivity contribution in [2.24, 2.45) is 18.4 Å². The normalized spacial score (nSPS) is 24.6. The summed E-state index contributed by atoms with van der Waals surface area (Å²) in [4.78, 5) is 14.5. The lowest BCUT2D eigenvalue weighted by molar-refractivity contribution is -0.0912. The van der Waals surface area contributed by atoms with Crippen LogP contribution in [0.5, 0.6) is 0 Å². The fourth-order valence-corrected chi connectivity index (χ4v) is 3.84. The molecule has 2 saturated heterocycles. The number of carbonyl (C=O) groups excluding carboxylic acids is 1. The zero-order valence-electron chi connectivity index (χ0n) is 13.5. The molecule has 1 amide bonds. The predicted molar refractivity (Wildman–Crippen MR) is 81.6 cm³/mol. The smallest absolute Gasteiger partial charge is 0.257 e. The second-order valence-electron chi connectivity index (χ2n) is 6.53. The predicted octanol–water partition coefficient (Wildman–Crippen LogP) is 1.33. The van der Waals surface area contributed by atoms with Crippen LogP contribution in [0, 0.1) is 11.3 Å². The third-order valence-electron chi connectivity index (χ3n) is 5.30. The lowest BCUT2D eigenvalue weighted by Gasteiger charge is -2.48. The van der Waals surface area contributed by atoms with Gasteiger partial charge in [0.2, 0.25) is 0 Å². The molecule has 1 aromatic rings. The van der Waals surface area contributed by atoms with E-state index in [4.69, 9.17) is 9.47 Å². The Bertz CT molecular complexity index is 518. The number of hydrogen-bond acceptors (Lipinski definition) is 4. The minimum atomic E-state index is 0.0956. The van der Waals surface area contributed by atoms with Crippen LogP contribution in [0.2, 0.25) is 0 Å². The Labute approximate surface area is 131 Å². The highest BCUT2D eigenvalue weighted by Crippen LogP contribution is 2.44. The molecule has 0 bridgehead atoms. The average molecular weight is 307 g/mol. The van der Waals surface area contributed by atoms with E-state index in [1.165, 1.54) is 0 Å². The van der Waals surface area contributed by atoms with Crippen LogP contribution in [0.1, 0.15) is 29.6 Å². The van der Waals surface area contributed by atoms with Gasteiger partial charge >= 0.3 is 0 Å². The van der Waals surface area contributed by atoms with Gasteiger partial charge in [-0.15, -0.1) is 0 Å². The molecule has 2 fully saturated rings. The van der Waals surface area contributed by atoms with Crippen molar-refractivity contribution in [1.29, 1.82) is 0 Å². The third kappa shape index (κ3) is 2.90. The molecule has 0 saturated carbocycles. The average Bonchev–Trinajstić information content (AvgIpc) is 2.97. The molecule has 0 aromatic carbocycles. The Balaban J connectivity index is 1.65. The van der Waals surface area contributed by atoms with E-state index in [2.05, 4.69) is 5.10 Å². The fraction of sp³-hybridized carbons (Fsp3) is 0.750. The number of nitrogens with zero attached hydrogens (tertiary/aromatic N) is 3. The minimum absolute atomic E-state index is 0.0956. The van der Waals surface area contributed by atoms with E-state index in [1.807, 2.05) is 11.9 Å². The fourth-order valence-electron chi connectivity index (χ4n) is 3.84. The van der Waals surface area contributed by atoms with Crippen LogP contribution < -0.4 is 0 Å². The Kier molecular flexibility index (Phi) is 4.49. The Morgan fingerprint density at radius 3 is 2.86 bits per heavy atom. The summed E-state index contributed by atoms with van der Waals surface area (Å²) in [6, 6.07) is 0. The Hall–Kier alpha value is -1.40. The number of amides is 1. The number of hydrogen-bond donors (Lipinski definition) is 0. The third-order valence-corrected chi connectivity index (χ3v) is 5.30. The topological polar surface area (TPSA) is 56.6 Å². The molecule has 1 spiro atoms. The number of piperidine rings is 1. The van der Waals surface area contributed by atoms with Gasteiger partial charge in [-0.25, -0.2) is 0 Å². The van der Waals surface area contributed by atoms with Gasteiger partial charge in [0.05, 0.1) is 25.0 Å². The summed E-state index contributed by atoms with van der Waals surface area (Å²) in [5.41, 5.74) is 0.957. The molecule has 6 heteroatoms. The number of carbonyl (C=O) groups is 1. The molecule has 2 aliphatic heterocycles. The van der Waals surface area contributed by atoms with Gasteiger partial charge in [-0.05, 0) is 24.7 Å². The molecule has 1 aromatic heterocycles. The molecule has 6 nitrogen and oxygen atoms in total. The number of ether oxygens (including phenoxy) is 2. The van der Waals surface area contributed by atoms with Crippen molar-refractivity contribution in [2.75, 3.05) is 40.0 Å². The molecule has 0 aliphatic carbocycles. The molecule has 3 heterocycles. The maximum Gasteiger partial charge on any atom is 0.257 e. The molecule has 0 N–H and O–H groups in total. The van der Waals surface area contributed by atoms with E-state index in [1.54, 1.807) is 24.2 Å². The van der Waals surface area contributed by atoms with Gasteiger partial charge in [0.15, 0.2) is 0 Å². The van der Waals surface area contributed by atoms with Gasteiger partial charge in [0.1, 0.15) is 0 Å². The number of rotatable bonds is 3. The first-order chi connectivity index (χ1) is 10.6. The van der Waals surface area contributed by atoms with Crippen LogP contribution in [0.4, 0.5) is 0 Å². The number of methoxy groups -OCH3 is 1. The van der Waals surface area contributed by atoms with Gasteiger partial charge in [-0.2, -0.15) is 5.10 Å². The van der Waals surface area contributed by atoms with Crippen LogP contribution in [0.3, 0.4) is 0 Å². The summed E-state index contributed by atoms with van der Waals surface area (Å²) >= 11 is 0. The molecule has 0 unspecified atom stereocenters. The summed E-state index contributed by atoms with van der Waals surface area (Å²) in [5, 5.41) is 4.09. The minimum Gasteiger partial charge on any atom is -0.384 e. The summed E-state index contributed by atoms with van der Waals surface area (Å²) in [6.07, 6.45) is 6.59. The van der Waals surface area contributed by atoms with E-state index >= 15 is 0 Å². The second kappa shape index (κ2) is 6.38. The summed E-state index contributed by atoms with van der Waals surface area (Å²) in [6.45, 7) is 3.99. The van der Waals surface area contributed by atoms with E-state index in [0.29, 0.717) is 11.5 Å². The summed E-state index contributed by atoms with van der Waals surface area (Å²) in [7, 11) is 3.59. The molecular formula is C16H25N3O3. The molecule has 1 atom stereocenters. The highest BCUT2D eigenvalue weighted by Gasteiger charge is 2.44. The van der Waals surface area contributed by atoms with E-state index in [0.717, 1.165) is 52.2 Å². The van der Waals surface area contributed by atoms with Gasteiger partial charge < -0.3 is 14.4 Å². The maximum absolute atomic E-state index is 12.5. The summed E-state index contributed by atoms with van der Waals surface area (Å²) in [5.74, 6) is 0.542. The van der Waals surface area contributed by atoms with Gasteiger partial charge in [-0.3, -0.25) is 9.48 Å². The lowest BCUT2D eigenvalue weighted by Crippen LogP contribution is -2.50. The first kappa shape index (κ1) is 15.5. The van der Waals surface area contributed by atoms with Crippen LogP contribution in [-0.4, -0.2) is 60.6 Å². The quantitative estimate of drug-likeness (QED) is 0.845. The zero-order chi connectivity index (χ0) is 15.6. The van der Waals surface area contributed by atoms with Crippen LogP contribution in [-0.2, 0) is 16.5 Å². The molecule has 122 valence electrons. The van der Waals surface area contributed by atoms with Crippen LogP contribution in [0.15, 0.2) is 12.4 Å². The Morgan fingerprint density at radius 1 is 1.45 bits per heavy atom. The molecule has 0 radical (unpaired) electrons. The summed E-state index contributed by atoms with van der Waals surface area (Å²) < 4.78 is 12.7. The van der Waals surface area contributed by atoms with Crippen molar-refractivity contribution >= 4 is 5.91 Å². The van der Waals surface area contributed by atoms with Crippen molar-refractivity contribution in [3.63, 3.8) is 0 Å². The van der Waals surface area contributed by atoms with Crippen LogP contribution in [0.25, 0.3) is 0 Å². The van der Waals surface area contributed by atoms with Crippen molar-refractivity contribution in [3.8, 4) is 0 Å². The van der Waals surface area contributed by atoms with Gasteiger partial charge in [-0.1, -0.05) is 0 Å². The van der Waals surface area contributed by atoms with Crippen molar-refractivity contribution in [1.82, 2.24) is 14.7 Å². The molecule has 3 rings (SSSR count). The van der Waals surface area contributed by atoms with E-state index in [9.17, 15) is 4.79 Å². The van der Waals surface area contributed by atoms with Crippen molar-refractivity contribution in [2.45, 2.75) is 19.3 Å². The van der Waals surface area contributed by atoms with Gasteiger partial charge in [0.25, 0.3) is 5.91 Å².